The summed E-state index contributed by atoms with van der Waals surface area (Å²) in [5.74, 6) is -1.29. The number of sulfonamides is 1. The zero-order valence-electron chi connectivity index (χ0n) is 14.1. The van der Waals surface area contributed by atoms with Crippen LogP contribution in [0.15, 0.2) is 53.4 Å². The molecule has 0 aromatic heterocycles. The van der Waals surface area contributed by atoms with Crippen molar-refractivity contribution in [1.82, 2.24) is 4.72 Å². The maximum atomic E-state index is 12.3. The minimum atomic E-state index is -3.94. The predicted octanol–water partition coefficient (Wildman–Crippen LogP) is 2.25. The van der Waals surface area contributed by atoms with Gasteiger partial charge >= 0.3 is 5.97 Å². The van der Waals surface area contributed by atoms with Crippen molar-refractivity contribution in [1.29, 1.82) is 0 Å². The van der Waals surface area contributed by atoms with Gasteiger partial charge in [-0.25, -0.2) is 8.42 Å². The van der Waals surface area contributed by atoms with E-state index in [9.17, 15) is 18.3 Å². The molecule has 0 aliphatic rings. The van der Waals surface area contributed by atoms with Gasteiger partial charge in [0.2, 0.25) is 10.0 Å². The molecule has 7 heteroatoms. The van der Waals surface area contributed by atoms with Crippen molar-refractivity contribution in [2.24, 2.45) is 0 Å². The van der Waals surface area contributed by atoms with Gasteiger partial charge in [-0.15, -0.1) is 0 Å². The first-order chi connectivity index (χ1) is 11.8. The van der Waals surface area contributed by atoms with Gasteiger partial charge in [0.1, 0.15) is 6.04 Å². The maximum absolute atomic E-state index is 12.3. The van der Waals surface area contributed by atoms with Crippen LogP contribution in [-0.4, -0.2) is 32.1 Å². The summed E-state index contributed by atoms with van der Waals surface area (Å²) in [7, 11) is -3.94. The Morgan fingerprint density at radius 2 is 1.76 bits per heavy atom. The fourth-order valence-electron chi connectivity index (χ4n) is 2.19. The van der Waals surface area contributed by atoms with Gasteiger partial charge in [0.25, 0.3) is 0 Å². The number of carbonyl (C=O) groups is 1. The zero-order valence-corrected chi connectivity index (χ0v) is 14.9. The minimum Gasteiger partial charge on any atom is -0.480 e. The number of aliphatic carboxylic acids is 1. The molecule has 0 saturated heterocycles. The predicted molar refractivity (Wildman–Crippen MR) is 93.8 cm³/mol. The van der Waals surface area contributed by atoms with Gasteiger partial charge in [0.05, 0.1) is 18.1 Å². The summed E-state index contributed by atoms with van der Waals surface area (Å²) in [5, 5.41) is 9.27. The quantitative estimate of drug-likeness (QED) is 0.750. The normalized spacial score (nSPS) is 12.7. The van der Waals surface area contributed by atoms with E-state index in [0.717, 1.165) is 16.7 Å². The molecule has 0 aliphatic carbocycles. The van der Waals surface area contributed by atoms with E-state index in [4.69, 9.17) is 4.74 Å². The van der Waals surface area contributed by atoms with Crippen LogP contribution in [0.1, 0.15) is 16.7 Å². The molecule has 2 N–H and O–H groups in total. The number of hydrogen-bond donors (Lipinski definition) is 2. The SMILES string of the molecule is Cc1ccc(S(=O)(=O)N[C@@H](COCc2ccccc2C)C(=O)O)cc1. The van der Waals surface area contributed by atoms with Crippen molar-refractivity contribution in [2.45, 2.75) is 31.4 Å². The van der Waals surface area contributed by atoms with Gasteiger partial charge in [-0.1, -0.05) is 42.0 Å². The molecule has 1 atom stereocenters. The Bertz CT molecular complexity index is 831. The number of benzene rings is 2. The number of aryl methyl sites for hydroxylation is 2. The summed E-state index contributed by atoms with van der Waals surface area (Å²) in [6, 6.07) is 12.4. The average Bonchev–Trinajstić information content (AvgIpc) is 2.56. The number of nitrogens with one attached hydrogen (secondary N) is 1. The first-order valence-corrected chi connectivity index (χ1v) is 9.22. The van der Waals surface area contributed by atoms with Crippen LogP contribution in [0.25, 0.3) is 0 Å². The third-order valence-corrected chi connectivity index (χ3v) is 5.22. The fourth-order valence-corrected chi connectivity index (χ4v) is 3.36. The summed E-state index contributed by atoms with van der Waals surface area (Å²) in [6.45, 7) is 3.70. The molecule has 0 heterocycles. The summed E-state index contributed by atoms with van der Waals surface area (Å²) in [5.41, 5.74) is 2.86. The van der Waals surface area contributed by atoms with E-state index in [2.05, 4.69) is 4.72 Å². The minimum absolute atomic E-state index is 0.0169. The molecule has 0 aliphatic heterocycles. The van der Waals surface area contributed by atoms with Crippen molar-refractivity contribution in [3.8, 4) is 0 Å². The molecule has 0 fully saturated rings. The van der Waals surface area contributed by atoms with Gasteiger partial charge in [-0.05, 0) is 37.1 Å². The van der Waals surface area contributed by atoms with Crippen molar-refractivity contribution < 1.29 is 23.1 Å². The summed E-state index contributed by atoms with van der Waals surface area (Å²) in [6.07, 6.45) is 0. The van der Waals surface area contributed by atoms with Crippen LogP contribution < -0.4 is 4.72 Å². The van der Waals surface area contributed by atoms with E-state index in [1.54, 1.807) is 12.1 Å². The van der Waals surface area contributed by atoms with Crippen molar-refractivity contribution in [3.63, 3.8) is 0 Å². The summed E-state index contributed by atoms with van der Waals surface area (Å²) < 4.78 is 32.2. The van der Waals surface area contributed by atoms with Gasteiger partial charge in [-0.3, -0.25) is 4.79 Å². The van der Waals surface area contributed by atoms with E-state index in [0.29, 0.717) is 0 Å². The lowest BCUT2D eigenvalue weighted by molar-refractivity contribution is -0.140. The fraction of sp³-hybridized carbons (Fsp3) is 0.278. The topological polar surface area (TPSA) is 92.7 Å². The third-order valence-electron chi connectivity index (χ3n) is 3.73. The highest BCUT2D eigenvalue weighted by Crippen LogP contribution is 2.12. The van der Waals surface area contributed by atoms with Crippen LogP contribution in [0, 0.1) is 13.8 Å². The smallest absolute Gasteiger partial charge is 0.324 e. The largest absolute Gasteiger partial charge is 0.480 e. The van der Waals surface area contributed by atoms with Crippen LogP contribution in [0.4, 0.5) is 0 Å². The summed E-state index contributed by atoms with van der Waals surface area (Å²) >= 11 is 0. The number of carboxylic acid groups (broad SMARTS) is 1. The van der Waals surface area contributed by atoms with Crippen LogP contribution >= 0.6 is 0 Å². The van der Waals surface area contributed by atoms with Gasteiger partial charge < -0.3 is 9.84 Å². The van der Waals surface area contributed by atoms with E-state index in [-0.39, 0.29) is 18.1 Å². The van der Waals surface area contributed by atoms with E-state index < -0.39 is 22.0 Å². The third kappa shape index (κ3) is 5.38. The molecule has 2 aromatic carbocycles. The molecule has 0 radical (unpaired) electrons. The lowest BCUT2D eigenvalue weighted by Gasteiger charge is -2.16. The Morgan fingerprint density at radius 3 is 2.36 bits per heavy atom. The van der Waals surface area contributed by atoms with Crippen LogP contribution in [0.3, 0.4) is 0 Å². The summed E-state index contributed by atoms with van der Waals surface area (Å²) in [4.78, 5) is 11.4. The molecule has 25 heavy (non-hydrogen) atoms. The Kier molecular flexibility index (Phi) is 6.30. The highest BCUT2D eigenvalue weighted by molar-refractivity contribution is 7.89. The molecule has 0 spiro atoms. The van der Waals surface area contributed by atoms with Crippen LogP contribution in [0.2, 0.25) is 0 Å². The molecular formula is C18H21NO5S. The van der Waals surface area contributed by atoms with E-state index >= 15 is 0 Å². The van der Waals surface area contributed by atoms with Crippen molar-refractivity contribution in [2.75, 3.05) is 6.61 Å². The Balaban J connectivity index is 2.02. The second-order valence-electron chi connectivity index (χ2n) is 5.77. The molecule has 0 bridgehead atoms. The Labute approximate surface area is 147 Å². The second kappa shape index (κ2) is 8.24. The molecule has 0 amide bonds. The first kappa shape index (κ1) is 19.1. The number of rotatable bonds is 8. The lowest BCUT2D eigenvalue weighted by atomic mass is 10.1. The molecule has 134 valence electrons. The Morgan fingerprint density at radius 1 is 1.12 bits per heavy atom. The first-order valence-electron chi connectivity index (χ1n) is 7.73. The molecule has 6 nitrogen and oxygen atoms in total. The van der Waals surface area contributed by atoms with Gasteiger partial charge in [-0.2, -0.15) is 4.72 Å². The zero-order chi connectivity index (χ0) is 18.4. The maximum Gasteiger partial charge on any atom is 0.324 e. The number of ether oxygens (including phenoxy) is 1. The van der Waals surface area contributed by atoms with Crippen LogP contribution in [0.5, 0.6) is 0 Å². The van der Waals surface area contributed by atoms with Gasteiger partial charge in [0, 0.05) is 0 Å². The Hall–Kier alpha value is -2.22. The van der Waals surface area contributed by atoms with Crippen molar-refractivity contribution in [3.05, 3.63) is 65.2 Å². The lowest BCUT2D eigenvalue weighted by Crippen LogP contribution is -2.43. The van der Waals surface area contributed by atoms with Crippen LogP contribution in [-0.2, 0) is 26.2 Å². The molecule has 0 unspecified atom stereocenters. The molecular weight excluding hydrogens is 342 g/mol. The molecule has 2 rings (SSSR count). The molecule has 0 saturated carbocycles. The molecule has 2 aromatic rings. The average molecular weight is 363 g/mol. The monoisotopic (exact) mass is 363 g/mol. The van der Waals surface area contributed by atoms with E-state index in [1.807, 2.05) is 38.1 Å². The standard InChI is InChI=1S/C18H21NO5S/c1-13-7-9-16(10-8-13)25(22,23)19-17(18(20)21)12-24-11-15-6-4-3-5-14(15)2/h3-10,17,19H,11-12H2,1-2H3,(H,20,21)/t17-/m0/s1. The van der Waals surface area contributed by atoms with Gasteiger partial charge in [0.15, 0.2) is 0 Å². The van der Waals surface area contributed by atoms with E-state index in [1.165, 1.54) is 12.1 Å². The highest BCUT2D eigenvalue weighted by Gasteiger charge is 2.25. The number of hydrogen-bond acceptors (Lipinski definition) is 4. The second-order valence-corrected chi connectivity index (χ2v) is 7.48. The number of carboxylic acids is 1. The highest BCUT2D eigenvalue weighted by atomic mass is 32.2. The van der Waals surface area contributed by atoms with Crippen molar-refractivity contribution >= 4 is 16.0 Å².